The second-order valence-corrected chi connectivity index (χ2v) is 6.26. The molecule has 3 rings (SSSR count). The molecule has 0 unspecified atom stereocenters. The van der Waals surface area contributed by atoms with Crippen LogP contribution in [0.2, 0.25) is 0 Å². The van der Waals surface area contributed by atoms with Crippen LogP contribution in [0.5, 0.6) is 0 Å². The Morgan fingerprint density at radius 3 is 2.07 bits per heavy atom. The first-order valence-electron chi connectivity index (χ1n) is 8.87. The van der Waals surface area contributed by atoms with Crippen LogP contribution >= 0.6 is 0 Å². The first kappa shape index (κ1) is 22.2. The Labute approximate surface area is 171 Å². The van der Waals surface area contributed by atoms with E-state index in [9.17, 15) is 19.2 Å². The SMILES string of the molecule is Cc1ccc(C(=O)O)c(=O)[nH]1.Cc1ccc(NC(=O)OCc2ccccc2)c(=O)[nH]1. The largest absolute Gasteiger partial charge is 0.477 e. The van der Waals surface area contributed by atoms with Crippen molar-refractivity contribution >= 4 is 17.7 Å². The lowest BCUT2D eigenvalue weighted by molar-refractivity contribution is 0.0695. The van der Waals surface area contributed by atoms with Crippen LogP contribution in [-0.2, 0) is 11.3 Å². The topological polar surface area (TPSA) is 141 Å². The Morgan fingerprint density at radius 2 is 1.50 bits per heavy atom. The van der Waals surface area contributed by atoms with Crippen LogP contribution < -0.4 is 16.4 Å². The van der Waals surface area contributed by atoms with Crippen molar-refractivity contribution in [2.45, 2.75) is 20.5 Å². The van der Waals surface area contributed by atoms with Gasteiger partial charge < -0.3 is 19.8 Å². The molecule has 0 aliphatic heterocycles. The highest BCUT2D eigenvalue weighted by Crippen LogP contribution is 2.04. The van der Waals surface area contributed by atoms with Crippen molar-refractivity contribution in [3.05, 3.63) is 97.8 Å². The molecule has 30 heavy (non-hydrogen) atoms. The fraction of sp³-hybridized carbons (Fsp3) is 0.143. The highest BCUT2D eigenvalue weighted by molar-refractivity contribution is 5.87. The lowest BCUT2D eigenvalue weighted by atomic mass is 10.2. The molecule has 0 saturated carbocycles. The number of amides is 1. The van der Waals surface area contributed by atoms with E-state index in [-0.39, 0.29) is 23.4 Å². The van der Waals surface area contributed by atoms with Gasteiger partial charge >= 0.3 is 12.1 Å². The van der Waals surface area contributed by atoms with Crippen LogP contribution in [0.25, 0.3) is 0 Å². The zero-order chi connectivity index (χ0) is 22.1. The molecule has 0 bridgehead atoms. The number of carbonyl (C=O) groups excluding carboxylic acids is 1. The molecule has 1 amide bonds. The molecule has 4 N–H and O–H groups in total. The van der Waals surface area contributed by atoms with Gasteiger partial charge in [0, 0.05) is 11.4 Å². The van der Waals surface area contributed by atoms with E-state index >= 15 is 0 Å². The van der Waals surface area contributed by atoms with E-state index in [2.05, 4.69) is 15.3 Å². The number of rotatable bonds is 4. The number of H-pyrrole nitrogens is 2. The summed E-state index contributed by atoms with van der Waals surface area (Å²) in [5.41, 5.74) is 1.30. The normalized spacial score (nSPS) is 9.80. The van der Waals surface area contributed by atoms with Gasteiger partial charge in [-0.05, 0) is 43.7 Å². The van der Waals surface area contributed by atoms with Crippen LogP contribution in [0.4, 0.5) is 10.5 Å². The predicted molar refractivity (Wildman–Crippen MR) is 111 cm³/mol. The minimum absolute atomic E-state index is 0.163. The van der Waals surface area contributed by atoms with Crippen molar-refractivity contribution in [2.24, 2.45) is 0 Å². The molecule has 0 aliphatic rings. The molecule has 3 aromatic rings. The second kappa shape index (κ2) is 10.4. The number of hydrogen-bond donors (Lipinski definition) is 4. The molecule has 0 radical (unpaired) electrons. The number of benzene rings is 1. The minimum Gasteiger partial charge on any atom is -0.477 e. The first-order valence-corrected chi connectivity index (χ1v) is 8.87. The average molecular weight is 411 g/mol. The summed E-state index contributed by atoms with van der Waals surface area (Å²) < 4.78 is 5.01. The average Bonchev–Trinajstić information content (AvgIpc) is 2.69. The number of carboxylic acids is 1. The summed E-state index contributed by atoms with van der Waals surface area (Å²) in [7, 11) is 0. The third kappa shape index (κ3) is 6.79. The minimum atomic E-state index is -1.20. The quantitative estimate of drug-likeness (QED) is 0.520. The summed E-state index contributed by atoms with van der Waals surface area (Å²) in [6, 6.07) is 15.4. The smallest absolute Gasteiger partial charge is 0.412 e. The summed E-state index contributed by atoms with van der Waals surface area (Å²) in [6.07, 6.45) is -0.654. The molecule has 0 fully saturated rings. The van der Waals surface area contributed by atoms with Gasteiger partial charge in [0.2, 0.25) is 0 Å². The van der Waals surface area contributed by atoms with Crippen LogP contribution in [0.3, 0.4) is 0 Å². The maximum absolute atomic E-state index is 11.5. The van der Waals surface area contributed by atoms with Crippen molar-refractivity contribution in [1.29, 1.82) is 0 Å². The van der Waals surface area contributed by atoms with Crippen LogP contribution in [0, 0.1) is 13.8 Å². The number of aromatic nitrogens is 2. The summed E-state index contributed by atoms with van der Waals surface area (Å²) in [5.74, 6) is -1.20. The molecule has 1 aromatic carbocycles. The number of anilines is 1. The highest BCUT2D eigenvalue weighted by Gasteiger charge is 2.07. The van der Waals surface area contributed by atoms with E-state index in [0.717, 1.165) is 11.3 Å². The predicted octanol–water partition coefficient (Wildman–Crippen LogP) is 2.81. The second-order valence-electron chi connectivity index (χ2n) is 6.26. The third-order valence-corrected chi connectivity index (χ3v) is 3.79. The summed E-state index contributed by atoms with van der Waals surface area (Å²) in [6.45, 7) is 3.61. The monoisotopic (exact) mass is 411 g/mol. The van der Waals surface area contributed by atoms with Gasteiger partial charge in [-0.15, -0.1) is 0 Å². The molecule has 0 spiro atoms. The van der Waals surface area contributed by atoms with Crippen molar-refractivity contribution in [3.63, 3.8) is 0 Å². The van der Waals surface area contributed by atoms with Crippen LogP contribution in [0.15, 0.2) is 64.2 Å². The molecule has 0 atom stereocenters. The number of aromatic carboxylic acids is 1. The van der Waals surface area contributed by atoms with Crippen molar-refractivity contribution < 1.29 is 19.4 Å². The Morgan fingerprint density at radius 1 is 0.900 bits per heavy atom. The fourth-order valence-electron chi connectivity index (χ4n) is 2.28. The van der Waals surface area contributed by atoms with E-state index in [1.54, 1.807) is 26.0 Å². The molecule has 9 nitrogen and oxygen atoms in total. The van der Waals surface area contributed by atoms with Gasteiger partial charge in [0.25, 0.3) is 11.1 Å². The van der Waals surface area contributed by atoms with Gasteiger partial charge in [-0.2, -0.15) is 0 Å². The fourth-order valence-corrected chi connectivity index (χ4v) is 2.28. The molecule has 2 heterocycles. The number of ether oxygens (including phenoxy) is 1. The molecule has 2 aromatic heterocycles. The van der Waals surface area contributed by atoms with Gasteiger partial charge in [-0.3, -0.25) is 14.9 Å². The molecule has 156 valence electrons. The molecule has 0 aliphatic carbocycles. The van der Waals surface area contributed by atoms with Gasteiger partial charge in [-0.25, -0.2) is 9.59 Å². The highest BCUT2D eigenvalue weighted by atomic mass is 16.5. The standard InChI is InChI=1S/C14H14N2O3.C7H7NO3/c1-10-7-8-12(13(17)15-10)16-14(18)19-9-11-5-3-2-4-6-11;1-4-2-3-5(7(10)11)6(9)8-4/h2-8H,9H2,1H3,(H,15,17)(H,16,18);2-3H,1H3,(H,8,9)(H,10,11). The van der Waals surface area contributed by atoms with Crippen LogP contribution in [0.1, 0.15) is 27.3 Å². The maximum Gasteiger partial charge on any atom is 0.412 e. The van der Waals surface area contributed by atoms with E-state index in [0.29, 0.717) is 5.69 Å². The molecule has 9 heteroatoms. The number of hydrogen-bond acceptors (Lipinski definition) is 5. The van der Waals surface area contributed by atoms with E-state index in [1.807, 2.05) is 30.3 Å². The lowest BCUT2D eigenvalue weighted by Crippen LogP contribution is -2.20. The number of carbonyl (C=O) groups is 2. The summed E-state index contributed by atoms with van der Waals surface area (Å²) >= 11 is 0. The number of pyridine rings is 2. The summed E-state index contributed by atoms with van der Waals surface area (Å²) in [5, 5.41) is 10.8. The lowest BCUT2D eigenvalue weighted by Gasteiger charge is -2.06. The van der Waals surface area contributed by atoms with Crippen molar-refractivity contribution in [3.8, 4) is 0 Å². The van der Waals surface area contributed by atoms with E-state index in [4.69, 9.17) is 9.84 Å². The Bertz CT molecular complexity index is 1140. The van der Waals surface area contributed by atoms with Gasteiger partial charge in [0.15, 0.2) is 0 Å². The van der Waals surface area contributed by atoms with Gasteiger partial charge in [-0.1, -0.05) is 30.3 Å². The van der Waals surface area contributed by atoms with Crippen molar-refractivity contribution in [2.75, 3.05) is 5.32 Å². The number of nitrogens with one attached hydrogen (secondary N) is 3. The maximum atomic E-state index is 11.5. The molecular weight excluding hydrogens is 390 g/mol. The van der Waals surface area contributed by atoms with Crippen molar-refractivity contribution in [1.82, 2.24) is 9.97 Å². The third-order valence-electron chi connectivity index (χ3n) is 3.79. The molecular formula is C21H21N3O6. The Balaban J connectivity index is 0.000000248. The number of aromatic amines is 2. The van der Waals surface area contributed by atoms with Crippen LogP contribution in [-0.4, -0.2) is 27.1 Å². The number of aryl methyl sites for hydroxylation is 2. The van der Waals surface area contributed by atoms with Gasteiger partial charge in [0.05, 0.1) is 0 Å². The Hall–Kier alpha value is -4.14. The number of carboxylic acid groups (broad SMARTS) is 1. The van der Waals surface area contributed by atoms with Gasteiger partial charge in [0.1, 0.15) is 17.9 Å². The molecule has 0 saturated heterocycles. The van der Waals surface area contributed by atoms with E-state index < -0.39 is 17.6 Å². The zero-order valence-corrected chi connectivity index (χ0v) is 16.4. The van der Waals surface area contributed by atoms with E-state index in [1.165, 1.54) is 12.1 Å². The zero-order valence-electron chi connectivity index (χ0n) is 16.4. The first-order chi connectivity index (χ1) is 14.3. The Kier molecular flexibility index (Phi) is 7.69. The summed E-state index contributed by atoms with van der Waals surface area (Å²) in [4.78, 5) is 49.2.